The molecule has 0 unspecified atom stereocenters. The number of carbonyl (C=O) groups is 1. The number of carboxylic acids is 1. The second kappa shape index (κ2) is 5.92. The van der Waals surface area contributed by atoms with Gasteiger partial charge in [-0.1, -0.05) is 0 Å². The van der Waals surface area contributed by atoms with Crippen molar-refractivity contribution in [3.63, 3.8) is 0 Å². The van der Waals surface area contributed by atoms with E-state index < -0.39 is 22.5 Å². The zero-order valence-corrected chi connectivity index (χ0v) is 7.83. The largest absolute Gasteiger partial charge is 0.481 e. The summed E-state index contributed by atoms with van der Waals surface area (Å²) in [7, 11) is -4.22. The van der Waals surface area contributed by atoms with Gasteiger partial charge in [-0.25, -0.2) is 4.18 Å². The quantitative estimate of drug-likeness (QED) is 0.622. The van der Waals surface area contributed by atoms with Crippen LogP contribution in [0.3, 0.4) is 0 Å². The normalized spacial score (nSPS) is 10.4. The van der Waals surface area contributed by atoms with Gasteiger partial charge in [-0.2, -0.15) is 8.42 Å². The number of carboxylic acid groups (broad SMARTS) is 1. The van der Waals surface area contributed by atoms with E-state index in [1.54, 1.807) is 0 Å². The highest BCUT2D eigenvalue weighted by Gasteiger charge is 2.05. The van der Waals surface area contributed by atoms with Crippen LogP contribution in [0, 0.1) is 0 Å². The van der Waals surface area contributed by atoms with Gasteiger partial charge in [-0.15, -0.1) is 0 Å². The average molecular weight is 200 g/mol. The molecule has 0 aliphatic rings. The second-order valence-corrected chi connectivity index (χ2v) is 3.14. The molecule has 0 aromatic heterocycles. The fourth-order valence-electron chi connectivity index (χ4n) is 0.243. The summed E-state index contributed by atoms with van der Waals surface area (Å²) in [5, 5.41) is 7.42. The lowest BCUT2D eigenvalue weighted by atomic mass is 10.5. The molecule has 6 nitrogen and oxygen atoms in total. The van der Waals surface area contributed by atoms with E-state index in [9.17, 15) is 8.42 Å². The molecule has 0 aliphatic carbocycles. The van der Waals surface area contributed by atoms with Crippen molar-refractivity contribution in [3.05, 3.63) is 0 Å². The van der Waals surface area contributed by atoms with Crippen molar-refractivity contribution in [3.8, 4) is 0 Å². The Kier molecular flexibility index (Phi) is 6.86. The zero-order chi connectivity index (χ0) is 10.4. The molecule has 0 amide bonds. The van der Waals surface area contributed by atoms with Crippen LogP contribution in [0.4, 0.5) is 0 Å². The summed E-state index contributed by atoms with van der Waals surface area (Å²) in [4.78, 5) is 9.00. The topological polar surface area (TPSA) is 101 Å². The van der Waals surface area contributed by atoms with Gasteiger partial charge in [0.2, 0.25) is 0 Å². The molecule has 0 saturated carbocycles. The third-order valence-corrected chi connectivity index (χ3v) is 0.942. The molecule has 0 bridgehead atoms. The third-order valence-electron chi connectivity index (χ3n) is 0.314. The van der Waals surface area contributed by atoms with Crippen LogP contribution in [0.2, 0.25) is 0 Å². The predicted octanol–water partition coefficient (Wildman–Crippen LogP) is 0.305. The average Bonchev–Trinajstić information content (AvgIpc) is 1.52. The molecule has 0 rings (SSSR count). The summed E-state index contributed by atoms with van der Waals surface area (Å²) < 4.78 is 31.5. The maximum atomic E-state index is 9.78. The molecule has 0 aliphatic heterocycles. The highest BCUT2D eigenvalue weighted by Crippen LogP contribution is 1.92. The maximum Gasteiger partial charge on any atom is 0.397 e. The van der Waals surface area contributed by atoms with Crippen molar-refractivity contribution in [1.29, 1.82) is 0 Å². The molecule has 0 saturated heterocycles. The van der Waals surface area contributed by atoms with E-state index in [-0.39, 0.29) is 0 Å². The number of hydrogen-bond donors (Lipinski definition) is 2. The lowest BCUT2D eigenvalue weighted by Crippen LogP contribution is -2.10. The van der Waals surface area contributed by atoms with Crippen molar-refractivity contribution < 1.29 is 27.1 Å². The van der Waals surface area contributed by atoms with Crippen molar-refractivity contribution in [2.45, 2.75) is 26.9 Å². The van der Waals surface area contributed by atoms with Crippen molar-refractivity contribution in [2.24, 2.45) is 0 Å². The van der Waals surface area contributed by atoms with Gasteiger partial charge in [0.15, 0.2) is 0 Å². The first-order valence-corrected chi connectivity index (χ1v) is 4.37. The Bertz CT molecular complexity index is 212. The molecule has 0 spiro atoms. The fraction of sp³-hybridized carbons (Fsp3) is 0.800. The molecule has 0 radical (unpaired) electrons. The summed E-state index contributed by atoms with van der Waals surface area (Å²) in [6.45, 7) is 4.10. The lowest BCUT2D eigenvalue weighted by molar-refractivity contribution is -0.134. The molecule has 0 aromatic rings. The molecule has 2 N–H and O–H groups in total. The van der Waals surface area contributed by atoms with Crippen molar-refractivity contribution in [2.75, 3.05) is 0 Å². The summed E-state index contributed by atoms with van der Waals surface area (Å²) in [6.07, 6.45) is -0.495. The smallest absolute Gasteiger partial charge is 0.397 e. The molecule has 0 aromatic carbocycles. The van der Waals surface area contributed by atoms with Crippen LogP contribution in [-0.4, -0.2) is 30.2 Å². The number of rotatable bonds is 2. The molecular formula is C5H12O6S. The highest BCUT2D eigenvalue weighted by molar-refractivity contribution is 7.80. The first-order valence-electron chi connectivity index (χ1n) is 3.00. The predicted molar refractivity (Wildman–Crippen MR) is 41.1 cm³/mol. The highest BCUT2D eigenvalue weighted by atomic mass is 32.3. The number of aliphatic carboxylic acids is 1. The molecular weight excluding hydrogens is 188 g/mol. The second-order valence-electron chi connectivity index (χ2n) is 2.09. The Morgan fingerprint density at radius 1 is 1.42 bits per heavy atom. The molecule has 0 fully saturated rings. The molecule has 7 heteroatoms. The van der Waals surface area contributed by atoms with Gasteiger partial charge in [0.1, 0.15) is 0 Å². The first kappa shape index (κ1) is 13.9. The zero-order valence-electron chi connectivity index (χ0n) is 7.01. The van der Waals surface area contributed by atoms with Crippen LogP contribution >= 0.6 is 0 Å². The summed E-state index contributed by atoms with van der Waals surface area (Å²) >= 11 is 0. The molecule has 0 atom stereocenters. The lowest BCUT2D eigenvalue weighted by Gasteiger charge is -1.99. The van der Waals surface area contributed by atoms with E-state index in [1.165, 1.54) is 13.8 Å². The van der Waals surface area contributed by atoms with Gasteiger partial charge in [-0.3, -0.25) is 9.35 Å². The minimum absolute atomic E-state index is 0.495. The standard InChI is InChI=1S/C3H8O4S.C2H4O2/c1-3(2)7-8(4,5)6;1-2(3)4/h3H,1-2H3,(H,4,5,6);1H3,(H,3,4). The van der Waals surface area contributed by atoms with E-state index in [0.29, 0.717) is 0 Å². The Morgan fingerprint density at radius 2 is 1.67 bits per heavy atom. The van der Waals surface area contributed by atoms with Gasteiger partial charge < -0.3 is 5.11 Å². The van der Waals surface area contributed by atoms with Crippen LogP contribution in [0.15, 0.2) is 0 Å². The Morgan fingerprint density at radius 3 is 1.67 bits per heavy atom. The van der Waals surface area contributed by atoms with Crippen molar-refractivity contribution >= 4 is 16.4 Å². The van der Waals surface area contributed by atoms with E-state index in [2.05, 4.69) is 4.18 Å². The van der Waals surface area contributed by atoms with Crippen LogP contribution in [0.25, 0.3) is 0 Å². The minimum atomic E-state index is -4.22. The molecule has 0 heterocycles. The van der Waals surface area contributed by atoms with E-state index in [4.69, 9.17) is 14.5 Å². The fourth-order valence-corrected chi connectivity index (χ4v) is 0.730. The van der Waals surface area contributed by atoms with Gasteiger partial charge in [-0.05, 0) is 13.8 Å². The van der Waals surface area contributed by atoms with Crippen LogP contribution in [0.1, 0.15) is 20.8 Å². The van der Waals surface area contributed by atoms with E-state index in [0.717, 1.165) is 6.92 Å². The van der Waals surface area contributed by atoms with E-state index >= 15 is 0 Å². The molecule has 74 valence electrons. The van der Waals surface area contributed by atoms with Gasteiger partial charge in [0.05, 0.1) is 6.10 Å². The number of hydrogen-bond acceptors (Lipinski definition) is 4. The maximum absolute atomic E-state index is 9.78. The third kappa shape index (κ3) is 34.5. The van der Waals surface area contributed by atoms with Gasteiger partial charge in [0, 0.05) is 6.92 Å². The van der Waals surface area contributed by atoms with Crippen LogP contribution in [0.5, 0.6) is 0 Å². The molecule has 12 heavy (non-hydrogen) atoms. The van der Waals surface area contributed by atoms with Crippen molar-refractivity contribution in [1.82, 2.24) is 0 Å². The first-order chi connectivity index (χ1) is 5.15. The van der Waals surface area contributed by atoms with Crippen LogP contribution < -0.4 is 0 Å². The monoisotopic (exact) mass is 200 g/mol. The minimum Gasteiger partial charge on any atom is -0.481 e. The SMILES string of the molecule is CC(=O)O.CC(C)OS(=O)(=O)O. The van der Waals surface area contributed by atoms with Crippen LogP contribution in [-0.2, 0) is 19.4 Å². The van der Waals surface area contributed by atoms with Gasteiger partial charge >= 0.3 is 10.4 Å². The summed E-state index contributed by atoms with van der Waals surface area (Å²) in [5.74, 6) is -0.833. The Labute approximate surface area is 71.1 Å². The van der Waals surface area contributed by atoms with E-state index in [1.807, 2.05) is 0 Å². The summed E-state index contributed by atoms with van der Waals surface area (Å²) in [6, 6.07) is 0. The Hall–Kier alpha value is -0.660. The Balaban J connectivity index is 0. The summed E-state index contributed by atoms with van der Waals surface area (Å²) in [5.41, 5.74) is 0. The van der Waals surface area contributed by atoms with Gasteiger partial charge in [0.25, 0.3) is 5.97 Å².